The molecule has 0 amide bonds. The minimum absolute atomic E-state index is 0.714. The summed E-state index contributed by atoms with van der Waals surface area (Å²) in [6.45, 7) is 6.78. The van der Waals surface area contributed by atoms with E-state index in [-0.39, 0.29) is 0 Å². The smallest absolute Gasteiger partial charge is 0.147 e. The lowest BCUT2D eigenvalue weighted by Gasteiger charge is -2.16. The summed E-state index contributed by atoms with van der Waals surface area (Å²) in [7, 11) is 0. The number of hydrogen-bond donors (Lipinski definition) is 0. The van der Waals surface area contributed by atoms with Crippen molar-refractivity contribution < 1.29 is 4.84 Å². The molecule has 0 aromatic carbocycles. The molecule has 1 heterocycles. The van der Waals surface area contributed by atoms with E-state index in [2.05, 4.69) is 24.1 Å². The van der Waals surface area contributed by atoms with Crippen LogP contribution in [0.15, 0.2) is 17.1 Å². The highest BCUT2D eigenvalue weighted by Gasteiger charge is 2.13. The van der Waals surface area contributed by atoms with Crippen molar-refractivity contribution in [2.75, 3.05) is 19.7 Å². The van der Waals surface area contributed by atoms with Gasteiger partial charge in [0.2, 0.25) is 0 Å². The summed E-state index contributed by atoms with van der Waals surface area (Å²) in [6.07, 6.45) is 24.0. The molecule has 0 aromatic rings. The number of allylic oxidation sites excluding steroid dienone is 1. The molecule has 0 saturated heterocycles. The number of aliphatic imine (C=N–C) groups is 1. The maximum atomic E-state index is 5.54. The quantitative estimate of drug-likeness (QED) is 0.273. The molecular weight excluding hydrogens is 308 g/mol. The number of rotatable bonds is 17. The predicted molar refractivity (Wildman–Crippen MR) is 110 cm³/mol. The molecule has 146 valence electrons. The summed E-state index contributed by atoms with van der Waals surface area (Å²) in [5, 5.41) is 1.92. The lowest BCUT2D eigenvalue weighted by molar-refractivity contribution is -0.0839. The van der Waals surface area contributed by atoms with Crippen molar-refractivity contribution in [1.82, 2.24) is 5.06 Å². The fraction of sp³-hybridized carbons (Fsp3) is 0.864. The van der Waals surface area contributed by atoms with Gasteiger partial charge < -0.3 is 0 Å². The van der Waals surface area contributed by atoms with E-state index < -0.39 is 0 Å². The van der Waals surface area contributed by atoms with Crippen LogP contribution in [0.25, 0.3) is 0 Å². The Labute approximate surface area is 156 Å². The van der Waals surface area contributed by atoms with Crippen LogP contribution in [0.5, 0.6) is 0 Å². The van der Waals surface area contributed by atoms with E-state index in [0.29, 0.717) is 6.61 Å². The first-order chi connectivity index (χ1) is 12.4. The molecule has 0 atom stereocenters. The third kappa shape index (κ3) is 12.2. The molecule has 3 heteroatoms. The van der Waals surface area contributed by atoms with Crippen LogP contribution in [0.4, 0.5) is 0 Å². The second kappa shape index (κ2) is 16.6. The third-order valence-corrected chi connectivity index (χ3v) is 4.86. The molecular formula is C22H42N2O. The Kier molecular flexibility index (Phi) is 14.8. The zero-order chi connectivity index (χ0) is 18.0. The highest BCUT2D eigenvalue weighted by molar-refractivity contribution is 5.93. The van der Waals surface area contributed by atoms with Crippen LogP contribution in [0.1, 0.15) is 104 Å². The normalized spacial score (nSPS) is 14.6. The first-order valence-corrected chi connectivity index (χ1v) is 11.0. The Morgan fingerprint density at radius 3 is 1.96 bits per heavy atom. The van der Waals surface area contributed by atoms with Crippen LogP contribution in [0.2, 0.25) is 0 Å². The first-order valence-electron chi connectivity index (χ1n) is 11.0. The van der Waals surface area contributed by atoms with E-state index in [0.717, 1.165) is 25.3 Å². The number of hydrogen-bond acceptors (Lipinski definition) is 3. The van der Waals surface area contributed by atoms with Crippen molar-refractivity contribution in [2.45, 2.75) is 104 Å². The maximum absolute atomic E-state index is 5.54. The van der Waals surface area contributed by atoms with Gasteiger partial charge in [0, 0.05) is 0 Å². The van der Waals surface area contributed by atoms with Gasteiger partial charge in [-0.3, -0.25) is 9.83 Å². The van der Waals surface area contributed by atoms with Gasteiger partial charge in [-0.2, -0.15) is 0 Å². The molecule has 3 nitrogen and oxygen atoms in total. The van der Waals surface area contributed by atoms with Crippen molar-refractivity contribution in [3.63, 3.8) is 0 Å². The molecule has 1 rings (SSSR count). The van der Waals surface area contributed by atoms with E-state index in [1.165, 1.54) is 83.5 Å². The standard InChI is InChI=1S/C22H42N2O/c1-3-5-6-7-8-9-10-11-12-13-14-15-16-17-18-19-22-23-20-21-24(22)25-4-2/h18-19H,3-17,20-21H2,1-2H3/b19-18+. The van der Waals surface area contributed by atoms with Crippen molar-refractivity contribution >= 4 is 5.84 Å². The molecule has 0 aliphatic carbocycles. The van der Waals surface area contributed by atoms with Crippen LogP contribution in [0.3, 0.4) is 0 Å². The highest BCUT2D eigenvalue weighted by Crippen LogP contribution is 2.13. The molecule has 25 heavy (non-hydrogen) atoms. The summed E-state index contributed by atoms with van der Waals surface area (Å²) in [5.74, 6) is 0.997. The van der Waals surface area contributed by atoms with Crippen LogP contribution < -0.4 is 0 Å². The summed E-state index contributed by atoms with van der Waals surface area (Å²) < 4.78 is 0. The SMILES string of the molecule is CCCCCCCCCCCCCCC/C=C/C1=NCCN1OCC. The number of amidine groups is 1. The highest BCUT2D eigenvalue weighted by atomic mass is 16.7. The monoisotopic (exact) mass is 350 g/mol. The zero-order valence-electron chi connectivity index (χ0n) is 17.0. The molecule has 0 spiro atoms. The lowest BCUT2D eigenvalue weighted by atomic mass is 10.0. The largest absolute Gasteiger partial charge is 0.272 e. The van der Waals surface area contributed by atoms with E-state index in [1.54, 1.807) is 0 Å². The van der Waals surface area contributed by atoms with Crippen molar-refractivity contribution in [3.8, 4) is 0 Å². The van der Waals surface area contributed by atoms with Crippen LogP contribution in [0, 0.1) is 0 Å². The molecule has 0 N–H and O–H groups in total. The summed E-state index contributed by atoms with van der Waals surface area (Å²) >= 11 is 0. The van der Waals surface area contributed by atoms with E-state index in [9.17, 15) is 0 Å². The van der Waals surface area contributed by atoms with E-state index in [4.69, 9.17) is 4.84 Å². The molecule has 0 aromatic heterocycles. The molecule has 0 bridgehead atoms. The minimum Gasteiger partial charge on any atom is -0.272 e. The van der Waals surface area contributed by atoms with E-state index in [1.807, 2.05) is 12.0 Å². The lowest BCUT2D eigenvalue weighted by Crippen LogP contribution is -2.26. The average Bonchev–Trinajstić information content (AvgIpc) is 3.06. The molecule has 1 aliphatic heterocycles. The Bertz CT molecular complexity index is 352. The van der Waals surface area contributed by atoms with Gasteiger partial charge in [-0.25, -0.2) is 5.06 Å². The molecule has 1 aliphatic rings. The Morgan fingerprint density at radius 2 is 1.40 bits per heavy atom. The average molecular weight is 351 g/mol. The molecule has 0 unspecified atom stereocenters. The zero-order valence-corrected chi connectivity index (χ0v) is 17.0. The molecule has 0 radical (unpaired) electrons. The molecule has 0 saturated carbocycles. The fourth-order valence-electron chi connectivity index (χ4n) is 3.34. The Balaban J connectivity index is 1.82. The molecule has 0 fully saturated rings. The topological polar surface area (TPSA) is 24.8 Å². The number of unbranched alkanes of at least 4 members (excludes halogenated alkanes) is 13. The van der Waals surface area contributed by atoms with Gasteiger partial charge >= 0.3 is 0 Å². The van der Waals surface area contributed by atoms with Gasteiger partial charge in [0.25, 0.3) is 0 Å². The second-order valence-corrected chi connectivity index (χ2v) is 7.19. The van der Waals surface area contributed by atoms with Crippen molar-refractivity contribution in [2.24, 2.45) is 4.99 Å². The summed E-state index contributed by atoms with van der Waals surface area (Å²) in [6, 6.07) is 0. The Hall–Kier alpha value is -0.830. The number of nitrogens with zero attached hydrogens (tertiary/aromatic N) is 2. The number of hydroxylamine groups is 2. The summed E-state index contributed by atoms with van der Waals surface area (Å²) in [4.78, 5) is 10.0. The van der Waals surface area contributed by atoms with Crippen molar-refractivity contribution in [1.29, 1.82) is 0 Å². The minimum atomic E-state index is 0.714. The van der Waals surface area contributed by atoms with Gasteiger partial charge in [0.15, 0.2) is 0 Å². The summed E-state index contributed by atoms with van der Waals surface area (Å²) in [5.41, 5.74) is 0. The van der Waals surface area contributed by atoms with Crippen LogP contribution >= 0.6 is 0 Å². The van der Waals surface area contributed by atoms with Gasteiger partial charge in [-0.15, -0.1) is 0 Å². The Morgan fingerprint density at radius 1 is 0.840 bits per heavy atom. The maximum Gasteiger partial charge on any atom is 0.147 e. The van der Waals surface area contributed by atoms with Crippen LogP contribution in [-0.4, -0.2) is 30.6 Å². The van der Waals surface area contributed by atoms with Gasteiger partial charge in [-0.1, -0.05) is 90.0 Å². The third-order valence-electron chi connectivity index (χ3n) is 4.86. The van der Waals surface area contributed by atoms with E-state index >= 15 is 0 Å². The van der Waals surface area contributed by atoms with Gasteiger partial charge in [0.1, 0.15) is 5.84 Å². The predicted octanol–water partition coefficient (Wildman–Crippen LogP) is 6.69. The second-order valence-electron chi connectivity index (χ2n) is 7.19. The van der Waals surface area contributed by atoms with Crippen molar-refractivity contribution in [3.05, 3.63) is 12.2 Å². The van der Waals surface area contributed by atoms with Gasteiger partial charge in [-0.05, 0) is 25.8 Å². The van der Waals surface area contributed by atoms with Gasteiger partial charge in [0.05, 0.1) is 19.7 Å². The fourth-order valence-corrected chi connectivity index (χ4v) is 3.34. The van der Waals surface area contributed by atoms with Crippen LogP contribution in [-0.2, 0) is 4.84 Å². The first kappa shape index (κ1) is 22.2.